The number of rotatable bonds is 3. The minimum atomic E-state index is -2.61. The zero-order valence-corrected chi connectivity index (χ0v) is 11.9. The highest BCUT2D eigenvalue weighted by molar-refractivity contribution is 14.1. The van der Waals surface area contributed by atoms with Gasteiger partial charge in [0.1, 0.15) is 0 Å². The Labute approximate surface area is 113 Å². The molecule has 0 radical (unpaired) electrons. The van der Waals surface area contributed by atoms with E-state index in [4.69, 9.17) is 0 Å². The summed E-state index contributed by atoms with van der Waals surface area (Å²) in [6, 6.07) is 0. The van der Waals surface area contributed by atoms with Crippen molar-refractivity contribution in [3.8, 4) is 0 Å². The fourth-order valence-electron chi connectivity index (χ4n) is 1.05. The number of hydrogen-bond acceptors (Lipinski definition) is 3. The predicted molar refractivity (Wildman–Crippen MR) is 65.3 cm³/mol. The highest BCUT2D eigenvalue weighted by atomic mass is 127. The van der Waals surface area contributed by atoms with Gasteiger partial charge in [-0.15, -0.1) is 0 Å². The molecule has 0 aliphatic heterocycles. The third-order valence-corrected chi connectivity index (χ3v) is 3.67. The maximum absolute atomic E-state index is 12.7. The molecular weight excluding hydrogens is 399 g/mol. The van der Waals surface area contributed by atoms with Gasteiger partial charge in [-0.25, -0.2) is 8.78 Å². The van der Waals surface area contributed by atoms with E-state index in [1.54, 1.807) is 22.6 Å². The van der Waals surface area contributed by atoms with E-state index >= 15 is 0 Å². The van der Waals surface area contributed by atoms with E-state index in [2.05, 4.69) is 25.7 Å². The number of carbonyl (C=O) groups is 1. The van der Waals surface area contributed by atoms with E-state index in [1.165, 1.54) is 13.3 Å². The lowest BCUT2D eigenvalue weighted by Crippen LogP contribution is -2.09. The van der Waals surface area contributed by atoms with E-state index in [-0.39, 0.29) is 20.0 Å². The van der Waals surface area contributed by atoms with Gasteiger partial charge in [-0.2, -0.15) is 0 Å². The van der Waals surface area contributed by atoms with Crippen molar-refractivity contribution in [1.82, 2.24) is 4.98 Å². The van der Waals surface area contributed by atoms with E-state index in [0.717, 1.165) is 0 Å². The lowest BCUT2D eigenvalue weighted by Gasteiger charge is -2.09. The van der Waals surface area contributed by atoms with Gasteiger partial charge in [-0.05, 0) is 38.5 Å². The summed E-state index contributed by atoms with van der Waals surface area (Å²) in [5.41, 5.74) is 0.153. The zero-order chi connectivity index (χ0) is 12.3. The maximum atomic E-state index is 12.7. The zero-order valence-electron chi connectivity index (χ0n) is 8.14. The molecule has 1 aromatic heterocycles. The molecule has 3 nitrogen and oxygen atoms in total. The normalized spacial score (nSPS) is 10.6. The molecule has 0 bridgehead atoms. The molecule has 0 saturated heterocycles. The Kier molecular flexibility index (Phi) is 5.03. The summed E-state index contributed by atoms with van der Waals surface area (Å²) in [5, 5.41) is 0. The van der Waals surface area contributed by atoms with Gasteiger partial charge in [0.05, 0.1) is 19.2 Å². The molecule has 0 unspecified atom stereocenters. The second-order valence-electron chi connectivity index (χ2n) is 2.83. The van der Waals surface area contributed by atoms with Crippen molar-refractivity contribution in [1.29, 1.82) is 0 Å². The molecule has 0 amide bonds. The molecule has 0 aliphatic carbocycles. The van der Waals surface area contributed by atoms with Crippen LogP contribution in [0.1, 0.15) is 17.7 Å². The number of halogens is 4. The Morgan fingerprint density at radius 3 is 2.81 bits per heavy atom. The first-order valence-electron chi connectivity index (χ1n) is 4.15. The van der Waals surface area contributed by atoms with Crippen LogP contribution in [0.2, 0.25) is 0 Å². The molecule has 0 fully saturated rings. The van der Waals surface area contributed by atoms with Gasteiger partial charge in [-0.3, -0.25) is 9.78 Å². The Morgan fingerprint density at radius 1 is 1.69 bits per heavy atom. The molecule has 0 saturated carbocycles. The molecule has 0 aliphatic rings. The van der Waals surface area contributed by atoms with Crippen molar-refractivity contribution in [3.05, 3.63) is 25.5 Å². The first-order chi connectivity index (χ1) is 7.47. The van der Waals surface area contributed by atoms with Gasteiger partial charge in [0.2, 0.25) is 0 Å². The summed E-state index contributed by atoms with van der Waals surface area (Å²) in [4.78, 5) is 15.0. The Morgan fingerprint density at radius 2 is 2.31 bits per heavy atom. The van der Waals surface area contributed by atoms with Crippen LogP contribution in [0.3, 0.4) is 0 Å². The molecule has 7 heteroatoms. The number of pyridine rings is 1. The van der Waals surface area contributed by atoms with E-state index in [0.29, 0.717) is 5.69 Å². The number of ether oxygens (including phenoxy) is 1. The highest BCUT2D eigenvalue weighted by Gasteiger charge is 2.20. The van der Waals surface area contributed by atoms with Crippen LogP contribution in [0.4, 0.5) is 8.78 Å². The SMILES string of the molecule is COC(=O)Cc1ncc(Br)c(C(F)F)c1I. The van der Waals surface area contributed by atoms with Crippen molar-refractivity contribution in [2.24, 2.45) is 0 Å². The summed E-state index contributed by atoms with van der Waals surface area (Å²) >= 11 is 4.75. The Bertz CT molecular complexity index is 415. The van der Waals surface area contributed by atoms with Gasteiger partial charge in [0.15, 0.2) is 0 Å². The van der Waals surface area contributed by atoms with Crippen LogP contribution in [-0.2, 0) is 16.0 Å². The van der Waals surface area contributed by atoms with E-state index < -0.39 is 12.4 Å². The molecule has 0 spiro atoms. The third kappa shape index (κ3) is 3.09. The van der Waals surface area contributed by atoms with Crippen molar-refractivity contribution in [3.63, 3.8) is 0 Å². The molecule has 0 aromatic carbocycles. The maximum Gasteiger partial charge on any atom is 0.311 e. The van der Waals surface area contributed by atoms with E-state index in [1.807, 2.05) is 0 Å². The van der Waals surface area contributed by atoms with E-state index in [9.17, 15) is 13.6 Å². The van der Waals surface area contributed by atoms with Crippen LogP contribution in [0, 0.1) is 3.57 Å². The monoisotopic (exact) mass is 405 g/mol. The smallest absolute Gasteiger partial charge is 0.311 e. The topological polar surface area (TPSA) is 39.2 Å². The van der Waals surface area contributed by atoms with Crippen LogP contribution < -0.4 is 0 Å². The summed E-state index contributed by atoms with van der Waals surface area (Å²) in [6.45, 7) is 0. The molecular formula is C9H7BrF2INO2. The van der Waals surface area contributed by atoms with Crippen LogP contribution in [0.25, 0.3) is 0 Å². The molecule has 16 heavy (non-hydrogen) atoms. The van der Waals surface area contributed by atoms with Crippen LogP contribution in [0.5, 0.6) is 0 Å². The number of aromatic nitrogens is 1. The first kappa shape index (κ1) is 13.8. The fraction of sp³-hybridized carbons (Fsp3) is 0.333. The van der Waals surface area contributed by atoms with Crippen LogP contribution in [0.15, 0.2) is 10.7 Å². The number of alkyl halides is 2. The standard InChI is InChI=1S/C9H7BrF2INO2/c1-16-6(15)2-5-8(13)7(9(11)12)4(10)3-14-5/h3,9H,2H2,1H3. The lowest BCUT2D eigenvalue weighted by atomic mass is 10.2. The largest absolute Gasteiger partial charge is 0.469 e. The van der Waals surface area contributed by atoms with Crippen molar-refractivity contribution >= 4 is 44.5 Å². The third-order valence-electron chi connectivity index (χ3n) is 1.84. The lowest BCUT2D eigenvalue weighted by molar-refractivity contribution is -0.139. The molecule has 0 N–H and O–H groups in total. The Balaban J connectivity index is 3.13. The number of methoxy groups -OCH3 is 1. The quantitative estimate of drug-likeness (QED) is 0.573. The van der Waals surface area contributed by atoms with Gasteiger partial charge in [-0.1, -0.05) is 0 Å². The minimum absolute atomic E-state index is 0.109. The van der Waals surface area contributed by atoms with Gasteiger partial charge in [0.25, 0.3) is 6.43 Å². The summed E-state index contributed by atoms with van der Waals surface area (Å²) in [5.74, 6) is -0.507. The summed E-state index contributed by atoms with van der Waals surface area (Å²) in [7, 11) is 1.24. The molecule has 1 heterocycles. The molecule has 1 aromatic rings. The second kappa shape index (κ2) is 5.85. The average Bonchev–Trinajstić information content (AvgIpc) is 2.21. The summed E-state index contributed by atoms with van der Waals surface area (Å²) < 4.78 is 30.4. The van der Waals surface area contributed by atoms with Gasteiger partial charge in [0, 0.05) is 19.8 Å². The number of esters is 1. The Hall–Kier alpha value is -0.310. The van der Waals surface area contributed by atoms with Crippen LogP contribution in [-0.4, -0.2) is 18.1 Å². The van der Waals surface area contributed by atoms with Crippen molar-refractivity contribution in [2.45, 2.75) is 12.8 Å². The molecule has 0 atom stereocenters. The minimum Gasteiger partial charge on any atom is -0.469 e. The van der Waals surface area contributed by atoms with Crippen molar-refractivity contribution in [2.75, 3.05) is 7.11 Å². The number of nitrogens with zero attached hydrogens (tertiary/aromatic N) is 1. The first-order valence-corrected chi connectivity index (χ1v) is 6.02. The fourth-order valence-corrected chi connectivity index (χ4v) is 2.75. The number of hydrogen-bond donors (Lipinski definition) is 0. The van der Waals surface area contributed by atoms with Gasteiger partial charge >= 0.3 is 5.97 Å². The number of carbonyl (C=O) groups excluding carboxylic acids is 1. The van der Waals surface area contributed by atoms with Gasteiger partial charge < -0.3 is 4.74 Å². The van der Waals surface area contributed by atoms with Crippen LogP contribution >= 0.6 is 38.5 Å². The molecule has 88 valence electrons. The van der Waals surface area contributed by atoms with Crippen molar-refractivity contribution < 1.29 is 18.3 Å². The molecule has 1 rings (SSSR count). The average molecular weight is 406 g/mol. The predicted octanol–water partition coefficient (Wildman–Crippen LogP) is 3.10. The summed E-state index contributed by atoms with van der Waals surface area (Å²) in [6.07, 6.45) is -1.45. The second-order valence-corrected chi connectivity index (χ2v) is 4.77. The highest BCUT2D eigenvalue weighted by Crippen LogP contribution is 2.32.